The standard InChI is InChI=1S/C20H22ClN3O6/c1-11(25)17(24-23-14-7-6-8-15(28-3)19(14)30-5)20(26)22-18-13(21)9-12(27-2)10-16(18)29-4/h6-10,17H,1-5H3,(H,22,26). The summed E-state index contributed by atoms with van der Waals surface area (Å²) in [5.41, 5.74) is 0.487. The van der Waals surface area contributed by atoms with Gasteiger partial charge in [-0.15, -0.1) is 0 Å². The lowest BCUT2D eigenvalue weighted by Gasteiger charge is -2.15. The van der Waals surface area contributed by atoms with Gasteiger partial charge < -0.3 is 24.3 Å². The SMILES string of the molecule is COc1cc(Cl)c(NC(=O)C(N=Nc2cccc(OC)c2OC)C(C)=O)c(OC)c1. The van der Waals surface area contributed by atoms with Crippen LogP contribution in [0, 0.1) is 0 Å². The third kappa shape index (κ3) is 5.18. The maximum absolute atomic E-state index is 12.7. The van der Waals surface area contributed by atoms with Crippen molar-refractivity contribution in [1.82, 2.24) is 0 Å². The van der Waals surface area contributed by atoms with Crippen molar-refractivity contribution in [1.29, 1.82) is 0 Å². The van der Waals surface area contributed by atoms with Gasteiger partial charge in [-0.25, -0.2) is 0 Å². The summed E-state index contributed by atoms with van der Waals surface area (Å²) in [5, 5.41) is 10.7. The topological polar surface area (TPSA) is 108 Å². The molecule has 0 radical (unpaired) electrons. The Bertz CT molecular complexity index is 964. The van der Waals surface area contributed by atoms with Gasteiger partial charge in [0.2, 0.25) is 6.04 Å². The Kier molecular flexibility index (Phi) is 7.99. The fraction of sp³-hybridized carbons (Fsp3) is 0.300. The third-order valence-corrected chi connectivity index (χ3v) is 4.33. The number of Topliss-reactive ketones (excluding diaryl/α,β-unsaturated/α-hetero) is 1. The van der Waals surface area contributed by atoms with E-state index in [1.807, 2.05) is 0 Å². The number of anilines is 1. The maximum Gasteiger partial charge on any atom is 0.258 e. The number of nitrogens with one attached hydrogen (secondary N) is 1. The van der Waals surface area contributed by atoms with E-state index in [0.29, 0.717) is 22.9 Å². The predicted octanol–water partition coefficient (Wildman–Crippen LogP) is 4.05. The molecule has 1 amide bonds. The van der Waals surface area contributed by atoms with E-state index in [4.69, 9.17) is 30.5 Å². The van der Waals surface area contributed by atoms with E-state index >= 15 is 0 Å². The number of hydrogen-bond acceptors (Lipinski definition) is 8. The lowest BCUT2D eigenvalue weighted by atomic mass is 10.2. The molecule has 160 valence electrons. The van der Waals surface area contributed by atoms with E-state index in [1.54, 1.807) is 24.3 Å². The van der Waals surface area contributed by atoms with E-state index in [0.717, 1.165) is 0 Å². The molecule has 0 heterocycles. The molecular weight excluding hydrogens is 414 g/mol. The minimum absolute atomic E-state index is 0.174. The number of para-hydroxylation sites is 1. The first-order chi connectivity index (χ1) is 14.4. The Balaban J connectivity index is 2.33. The van der Waals surface area contributed by atoms with Crippen LogP contribution >= 0.6 is 11.6 Å². The van der Waals surface area contributed by atoms with Gasteiger partial charge in [-0.05, 0) is 19.1 Å². The lowest BCUT2D eigenvalue weighted by molar-refractivity contribution is -0.126. The van der Waals surface area contributed by atoms with Crippen molar-refractivity contribution in [3.05, 3.63) is 35.4 Å². The number of azo groups is 1. The average molecular weight is 436 g/mol. The molecule has 0 saturated carbocycles. The highest BCUT2D eigenvalue weighted by Gasteiger charge is 2.26. The Hall–Kier alpha value is -3.33. The largest absolute Gasteiger partial charge is 0.497 e. The van der Waals surface area contributed by atoms with Crippen LogP contribution in [-0.2, 0) is 9.59 Å². The first kappa shape index (κ1) is 23.0. The molecule has 0 bridgehead atoms. The van der Waals surface area contributed by atoms with E-state index in [2.05, 4.69) is 15.5 Å². The molecule has 2 aromatic carbocycles. The Morgan fingerprint density at radius 2 is 1.70 bits per heavy atom. The smallest absolute Gasteiger partial charge is 0.258 e. The van der Waals surface area contributed by atoms with Crippen molar-refractivity contribution in [2.45, 2.75) is 13.0 Å². The summed E-state index contributed by atoms with van der Waals surface area (Å²) in [6.45, 7) is 1.24. The van der Waals surface area contributed by atoms with Crippen molar-refractivity contribution in [3.8, 4) is 23.0 Å². The summed E-state index contributed by atoms with van der Waals surface area (Å²) in [6.07, 6.45) is 0. The van der Waals surface area contributed by atoms with Crippen LogP contribution in [0.25, 0.3) is 0 Å². The maximum atomic E-state index is 12.7. The van der Waals surface area contributed by atoms with Crippen molar-refractivity contribution in [2.24, 2.45) is 10.2 Å². The van der Waals surface area contributed by atoms with Crippen LogP contribution in [0.1, 0.15) is 6.92 Å². The summed E-state index contributed by atoms with van der Waals surface area (Å²) in [4.78, 5) is 24.8. The minimum atomic E-state index is -1.41. The summed E-state index contributed by atoms with van der Waals surface area (Å²) < 4.78 is 20.8. The molecule has 0 aliphatic heterocycles. The molecule has 0 spiro atoms. The highest BCUT2D eigenvalue weighted by Crippen LogP contribution is 2.38. The van der Waals surface area contributed by atoms with Crippen molar-refractivity contribution in [2.75, 3.05) is 33.8 Å². The van der Waals surface area contributed by atoms with Gasteiger partial charge in [-0.3, -0.25) is 9.59 Å². The van der Waals surface area contributed by atoms with Gasteiger partial charge >= 0.3 is 0 Å². The van der Waals surface area contributed by atoms with Crippen LogP contribution in [0.3, 0.4) is 0 Å². The molecule has 30 heavy (non-hydrogen) atoms. The van der Waals surface area contributed by atoms with E-state index < -0.39 is 17.7 Å². The fourth-order valence-corrected chi connectivity index (χ4v) is 2.78. The zero-order chi connectivity index (χ0) is 22.3. The monoisotopic (exact) mass is 435 g/mol. The van der Waals surface area contributed by atoms with Gasteiger partial charge in [0.15, 0.2) is 17.3 Å². The quantitative estimate of drug-likeness (QED) is 0.470. The molecule has 0 aliphatic carbocycles. The highest BCUT2D eigenvalue weighted by molar-refractivity contribution is 6.34. The molecule has 0 aromatic heterocycles. The zero-order valence-corrected chi connectivity index (χ0v) is 17.9. The van der Waals surface area contributed by atoms with Crippen molar-refractivity contribution >= 4 is 34.7 Å². The second kappa shape index (κ2) is 10.4. The number of benzene rings is 2. The number of ketones is 1. The Labute approximate surface area is 178 Å². The predicted molar refractivity (Wildman–Crippen MR) is 112 cm³/mol. The van der Waals surface area contributed by atoms with Crippen LogP contribution in [-0.4, -0.2) is 46.2 Å². The molecule has 10 heteroatoms. The zero-order valence-electron chi connectivity index (χ0n) is 17.2. The van der Waals surface area contributed by atoms with Gasteiger partial charge in [0.1, 0.15) is 22.9 Å². The van der Waals surface area contributed by atoms with Gasteiger partial charge in [-0.2, -0.15) is 10.2 Å². The third-order valence-electron chi connectivity index (χ3n) is 4.03. The van der Waals surface area contributed by atoms with Crippen LogP contribution in [0.15, 0.2) is 40.6 Å². The molecular formula is C20H22ClN3O6. The second-order valence-electron chi connectivity index (χ2n) is 5.92. The van der Waals surface area contributed by atoms with Crippen LogP contribution in [0.5, 0.6) is 23.0 Å². The average Bonchev–Trinajstić information content (AvgIpc) is 2.74. The molecule has 2 aromatic rings. The summed E-state index contributed by atoms with van der Waals surface area (Å²) in [5.74, 6) is 0.239. The molecule has 9 nitrogen and oxygen atoms in total. The normalized spacial score (nSPS) is 11.7. The van der Waals surface area contributed by atoms with Gasteiger partial charge in [0.05, 0.1) is 33.5 Å². The van der Waals surface area contributed by atoms with E-state index in [-0.39, 0.29) is 16.5 Å². The number of carbonyl (C=O) groups is 2. The first-order valence-electron chi connectivity index (χ1n) is 8.70. The number of methoxy groups -OCH3 is 4. The number of hydrogen-bond donors (Lipinski definition) is 1. The first-order valence-corrected chi connectivity index (χ1v) is 9.08. The number of nitrogens with zero attached hydrogens (tertiary/aromatic N) is 2. The van der Waals surface area contributed by atoms with E-state index in [1.165, 1.54) is 41.4 Å². The molecule has 2 rings (SSSR count). The molecule has 0 saturated heterocycles. The number of rotatable bonds is 9. The number of carbonyl (C=O) groups excluding carboxylic acids is 2. The lowest BCUT2D eigenvalue weighted by Crippen LogP contribution is -2.32. The second-order valence-corrected chi connectivity index (χ2v) is 6.32. The van der Waals surface area contributed by atoms with E-state index in [9.17, 15) is 9.59 Å². The van der Waals surface area contributed by atoms with Crippen molar-refractivity contribution < 1.29 is 28.5 Å². The summed E-state index contributed by atoms with van der Waals surface area (Å²) in [7, 11) is 5.82. The minimum Gasteiger partial charge on any atom is -0.497 e. The van der Waals surface area contributed by atoms with Gasteiger partial charge in [-0.1, -0.05) is 17.7 Å². The van der Waals surface area contributed by atoms with Crippen molar-refractivity contribution in [3.63, 3.8) is 0 Å². The Morgan fingerprint density at radius 3 is 2.27 bits per heavy atom. The fourth-order valence-electron chi connectivity index (χ4n) is 2.54. The highest BCUT2D eigenvalue weighted by atomic mass is 35.5. The summed E-state index contributed by atoms with van der Waals surface area (Å²) >= 11 is 6.22. The van der Waals surface area contributed by atoms with Crippen LogP contribution in [0.4, 0.5) is 11.4 Å². The van der Waals surface area contributed by atoms with Crippen LogP contribution in [0.2, 0.25) is 5.02 Å². The summed E-state index contributed by atoms with van der Waals surface area (Å²) in [6, 6.07) is 6.62. The number of ether oxygens (including phenoxy) is 4. The van der Waals surface area contributed by atoms with Gasteiger partial charge in [0.25, 0.3) is 5.91 Å². The molecule has 1 unspecified atom stereocenters. The molecule has 0 aliphatic rings. The molecule has 1 atom stereocenters. The Morgan fingerprint density at radius 1 is 1.00 bits per heavy atom. The van der Waals surface area contributed by atoms with Gasteiger partial charge in [0, 0.05) is 12.1 Å². The number of halogens is 1. The number of amides is 1. The molecule has 0 fully saturated rings. The van der Waals surface area contributed by atoms with Crippen LogP contribution < -0.4 is 24.3 Å². The molecule has 1 N–H and O–H groups in total.